The normalized spacial score (nSPS) is 27.9. The van der Waals surface area contributed by atoms with Gasteiger partial charge in [-0.25, -0.2) is 4.98 Å². The first-order valence-electron chi connectivity index (χ1n) is 5.29. The van der Waals surface area contributed by atoms with Crippen LogP contribution >= 0.6 is 22.9 Å². The van der Waals surface area contributed by atoms with Gasteiger partial charge in [0, 0.05) is 10.8 Å². The molecule has 3 heteroatoms. The minimum atomic E-state index is 0.411. The zero-order valence-electron chi connectivity index (χ0n) is 8.50. The lowest BCUT2D eigenvalue weighted by atomic mass is 9.86. The van der Waals surface area contributed by atoms with E-state index in [1.54, 1.807) is 11.3 Å². The van der Waals surface area contributed by atoms with Crippen molar-refractivity contribution in [2.24, 2.45) is 5.92 Å². The number of hydrogen-bond donors (Lipinski definition) is 0. The van der Waals surface area contributed by atoms with E-state index in [9.17, 15) is 0 Å². The van der Waals surface area contributed by atoms with Crippen LogP contribution in [0.3, 0.4) is 0 Å². The second-order valence-corrected chi connectivity index (χ2v) is 5.87. The van der Waals surface area contributed by atoms with Crippen molar-refractivity contribution in [2.75, 3.05) is 0 Å². The SMILES string of the molecule is Cc1nc(CC2CCCC(Cl)C2)cs1. The van der Waals surface area contributed by atoms with Crippen LogP contribution in [-0.4, -0.2) is 10.4 Å². The molecule has 0 aromatic carbocycles. The number of alkyl halides is 1. The van der Waals surface area contributed by atoms with Crippen LogP contribution in [0.15, 0.2) is 5.38 Å². The number of hydrogen-bond acceptors (Lipinski definition) is 2. The van der Waals surface area contributed by atoms with Crippen molar-refractivity contribution in [3.8, 4) is 0 Å². The van der Waals surface area contributed by atoms with Gasteiger partial charge < -0.3 is 0 Å². The standard InChI is InChI=1S/C11H16ClNS/c1-8-13-11(7-14-8)6-9-3-2-4-10(12)5-9/h7,9-10H,2-6H2,1H3. The minimum absolute atomic E-state index is 0.411. The zero-order chi connectivity index (χ0) is 9.97. The molecular weight excluding hydrogens is 214 g/mol. The average Bonchev–Trinajstić information content (AvgIpc) is 2.51. The first-order chi connectivity index (χ1) is 6.74. The predicted molar refractivity (Wildman–Crippen MR) is 62.2 cm³/mol. The third-order valence-electron chi connectivity index (χ3n) is 2.88. The molecule has 1 heterocycles. The first-order valence-corrected chi connectivity index (χ1v) is 6.60. The Kier molecular flexibility index (Phi) is 3.45. The van der Waals surface area contributed by atoms with Crippen molar-refractivity contribution >= 4 is 22.9 Å². The topological polar surface area (TPSA) is 12.9 Å². The lowest BCUT2D eigenvalue weighted by Crippen LogP contribution is -2.17. The summed E-state index contributed by atoms with van der Waals surface area (Å²) in [6.07, 6.45) is 6.14. The van der Waals surface area contributed by atoms with Gasteiger partial charge in [-0.3, -0.25) is 0 Å². The first kappa shape index (κ1) is 10.4. The number of aromatic nitrogens is 1. The third kappa shape index (κ3) is 2.71. The summed E-state index contributed by atoms with van der Waals surface area (Å²) in [5, 5.41) is 3.78. The van der Waals surface area contributed by atoms with E-state index in [0.29, 0.717) is 5.38 Å². The fraction of sp³-hybridized carbons (Fsp3) is 0.727. The number of aryl methyl sites for hydroxylation is 1. The van der Waals surface area contributed by atoms with E-state index >= 15 is 0 Å². The van der Waals surface area contributed by atoms with E-state index in [0.717, 1.165) is 12.3 Å². The molecule has 0 bridgehead atoms. The molecule has 14 heavy (non-hydrogen) atoms. The van der Waals surface area contributed by atoms with E-state index < -0.39 is 0 Å². The molecule has 2 unspecified atom stereocenters. The van der Waals surface area contributed by atoms with Gasteiger partial charge in [-0.1, -0.05) is 6.42 Å². The molecule has 0 radical (unpaired) electrons. The van der Waals surface area contributed by atoms with Gasteiger partial charge in [0.05, 0.1) is 10.7 Å². The maximum Gasteiger partial charge on any atom is 0.0897 e. The fourth-order valence-corrected chi connectivity index (χ4v) is 3.24. The van der Waals surface area contributed by atoms with Gasteiger partial charge in [0.2, 0.25) is 0 Å². The van der Waals surface area contributed by atoms with Gasteiger partial charge >= 0.3 is 0 Å². The Hall–Kier alpha value is -0.0800. The lowest BCUT2D eigenvalue weighted by Gasteiger charge is -2.24. The molecule has 1 nitrogen and oxygen atoms in total. The van der Waals surface area contributed by atoms with Crippen molar-refractivity contribution in [3.63, 3.8) is 0 Å². The van der Waals surface area contributed by atoms with Crippen molar-refractivity contribution < 1.29 is 0 Å². The van der Waals surface area contributed by atoms with Crippen molar-refractivity contribution in [3.05, 3.63) is 16.1 Å². The Morgan fingerprint density at radius 1 is 1.57 bits per heavy atom. The Bertz CT molecular complexity index is 297. The third-order valence-corrected chi connectivity index (χ3v) is 4.10. The summed E-state index contributed by atoms with van der Waals surface area (Å²) in [4.78, 5) is 4.51. The van der Waals surface area contributed by atoms with Gasteiger partial charge in [0.15, 0.2) is 0 Å². The van der Waals surface area contributed by atoms with Crippen LogP contribution in [0.2, 0.25) is 0 Å². The largest absolute Gasteiger partial charge is 0.247 e. The summed E-state index contributed by atoms with van der Waals surface area (Å²) in [6, 6.07) is 0. The average molecular weight is 230 g/mol. The summed E-state index contributed by atoms with van der Waals surface area (Å²) in [5.41, 5.74) is 1.27. The Labute approximate surface area is 94.5 Å². The van der Waals surface area contributed by atoms with E-state index in [1.165, 1.54) is 36.4 Å². The highest BCUT2D eigenvalue weighted by molar-refractivity contribution is 7.09. The summed E-state index contributed by atoms with van der Waals surface area (Å²) in [7, 11) is 0. The van der Waals surface area contributed by atoms with Crippen LogP contribution in [-0.2, 0) is 6.42 Å². The molecule has 0 amide bonds. The summed E-state index contributed by atoms with van der Waals surface area (Å²) < 4.78 is 0. The Balaban J connectivity index is 1.90. The van der Waals surface area contributed by atoms with Crippen LogP contribution in [0.25, 0.3) is 0 Å². The predicted octanol–water partition coefficient (Wildman–Crippen LogP) is 3.79. The molecule has 78 valence electrons. The number of halogens is 1. The molecule has 1 aliphatic carbocycles. The second-order valence-electron chi connectivity index (χ2n) is 4.19. The zero-order valence-corrected chi connectivity index (χ0v) is 10.1. The smallest absolute Gasteiger partial charge is 0.0897 e. The van der Waals surface area contributed by atoms with Crippen LogP contribution in [0.1, 0.15) is 36.4 Å². The Morgan fingerprint density at radius 2 is 2.43 bits per heavy atom. The second kappa shape index (κ2) is 4.63. The van der Waals surface area contributed by atoms with Gasteiger partial charge in [0.1, 0.15) is 0 Å². The van der Waals surface area contributed by atoms with E-state index in [4.69, 9.17) is 11.6 Å². The van der Waals surface area contributed by atoms with Crippen molar-refractivity contribution in [2.45, 2.75) is 44.4 Å². The highest BCUT2D eigenvalue weighted by Crippen LogP contribution is 2.30. The summed E-state index contributed by atoms with van der Waals surface area (Å²) in [6.45, 7) is 2.07. The van der Waals surface area contributed by atoms with Gasteiger partial charge in [-0.05, 0) is 38.5 Å². The number of nitrogens with zero attached hydrogens (tertiary/aromatic N) is 1. The molecule has 2 atom stereocenters. The molecule has 1 aromatic rings. The van der Waals surface area contributed by atoms with Crippen molar-refractivity contribution in [1.82, 2.24) is 4.98 Å². The summed E-state index contributed by atoms with van der Waals surface area (Å²) >= 11 is 7.91. The Morgan fingerprint density at radius 3 is 3.07 bits per heavy atom. The maximum atomic E-state index is 6.17. The summed E-state index contributed by atoms with van der Waals surface area (Å²) in [5.74, 6) is 0.771. The molecule has 0 spiro atoms. The van der Waals surface area contributed by atoms with Gasteiger partial charge in [-0.2, -0.15) is 0 Å². The number of rotatable bonds is 2. The lowest BCUT2D eigenvalue weighted by molar-refractivity contribution is 0.359. The van der Waals surface area contributed by atoms with Crippen LogP contribution in [0.4, 0.5) is 0 Å². The molecule has 1 aromatic heterocycles. The molecule has 1 fully saturated rings. The highest BCUT2D eigenvalue weighted by atomic mass is 35.5. The molecule has 2 rings (SSSR count). The van der Waals surface area contributed by atoms with Gasteiger partial charge in [-0.15, -0.1) is 22.9 Å². The molecule has 0 aliphatic heterocycles. The molecule has 0 saturated heterocycles. The fourth-order valence-electron chi connectivity index (χ4n) is 2.21. The van der Waals surface area contributed by atoms with Crippen LogP contribution in [0.5, 0.6) is 0 Å². The minimum Gasteiger partial charge on any atom is -0.247 e. The van der Waals surface area contributed by atoms with Crippen LogP contribution in [0, 0.1) is 12.8 Å². The van der Waals surface area contributed by atoms with E-state index in [2.05, 4.69) is 17.3 Å². The quantitative estimate of drug-likeness (QED) is 0.704. The number of thiazole rings is 1. The molecule has 1 saturated carbocycles. The highest BCUT2D eigenvalue weighted by Gasteiger charge is 2.20. The molecule has 1 aliphatic rings. The molecule has 0 N–H and O–H groups in total. The van der Waals surface area contributed by atoms with E-state index in [1.807, 2.05) is 0 Å². The van der Waals surface area contributed by atoms with Crippen molar-refractivity contribution in [1.29, 1.82) is 0 Å². The van der Waals surface area contributed by atoms with Gasteiger partial charge in [0.25, 0.3) is 0 Å². The maximum absolute atomic E-state index is 6.17. The molecular formula is C11H16ClNS. The monoisotopic (exact) mass is 229 g/mol. The van der Waals surface area contributed by atoms with E-state index in [-0.39, 0.29) is 0 Å². The van der Waals surface area contributed by atoms with Crippen LogP contribution < -0.4 is 0 Å².